The standard InChI is InChI=1S/C10H15NO3S/c1-11-15(12,13)8-10-5-3-4-9(6-10)7-14-2/h3-6,11H,7-8H2,1-2H3. The number of sulfonamides is 1. The molecule has 84 valence electrons. The van der Waals surface area contributed by atoms with E-state index in [4.69, 9.17) is 4.74 Å². The van der Waals surface area contributed by atoms with Crippen LogP contribution in [-0.4, -0.2) is 22.6 Å². The van der Waals surface area contributed by atoms with Gasteiger partial charge >= 0.3 is 0 Å². The fourth-order valence-corrected chi connectivity index (χ4v) is 2.03. The fraction of sp³-hybridized carbons (Fsp3) is 0.400. The lowest BCUT2D eigenvalue weighted by Gasteiger charge is -2.05. The van der Waals surface area contributed by atoms with Crippen molar-refractivity contribution in [2.75, 3.05) is 14.2 Å². The van der Waals surface area contributed by atoms with E-state index in [0.29, 0.717) is 6.61 Å². The first-order chi connectivity index (χ1) is 7.07. The van der Waals surface area contributed by atoms with Crippen molar-refractivity contribution in [1.82, 2.24) is 4.72 Å². The summed E-state index contributed by atoms with van der Waals surface area (Å²) < 4.78 is 29.8. The zero-order valence-corrected chi connectivity index (χ0v) is 9.67. The summed E-state index contributed by atoms with van der Waals surface area (Å²) in [5, 5.41) is 0. The average molecular weight is 229 g/mol. The Kier molecular flexibility index (Phi) is 4.26. The number of nitrogens with one attached hydrogen (secondary N) is 1. The topological polar surface area (TPSA) is 55.4 Å². The lowest BCUT2D eigenvalue weighted by Crippen LogP contribution is -2.20. The quantitative estimate of drug-likeness (QED) is 0.815. The maximum Gasteiger partial charge on any atom is 0.215 e. The zero-order valence-electron chi connectivity index (χ0n) is 8.86. The third kappa shape index (κ3) is 3.99. The molecule has 0 aliphatic rings. The Morgan fingerprint density at radius 3 is 2.60 bits per heavy atom. The van der Waals surface area contributed by atoms with Gasteiger partial charge in [0.25, 0.3) is 0 Å². The molecule has 0 spiro atoms. The second kappa shape index (κ2) is 5.25. The maximum absolute atomic E-state index is 11.3. The smallest absolute Gasteiger partial charge is 0.215 e. The van der Waals surface area contributed by atoms with E-state index in [-0.39, 0.29) is 5.75 Å². The number of ether oxygens (including phenoxy) is 1. The Balaban J connectivity index is 2.82. The van der Waals surface area contributed by atoms with E-state index < -0.39 is 10.0 Å². The first kappa shape index (κ1) is 12.2. The second-order valence-corrected chi connectivity index (χ2v) is 5.14. The molecule has 1 rings (SSSR count). The van der Waals surface area contributed by atoms with E-state index >= 15 is 0 Å². The molecule has 0 saturated heterocycles. The maximum atomic E-state index is 11.3. The molecular weight excluding hydrogens is 214 g/mol. The van der Waals surface area contributed by atoms with Crippen molar-refractivity contribution < 1.29 is 13.2 Å². The predicted molar refractivity (Wildman–Crippen MR) is 58.8 cm³/mol. The molecule has 0 atom stereocenters. The lowest BCUT2D eigenvalue weighted by atomic mass is 10.1. The summed E-state index contributed by atoms with van der Waals surface area (Å²) in [6, 6.07) is 7.35. The number of hydrogen-bond donors (Lipinski definition) is 1. The Hall–Kier alpha value is -0.910. The zero-order chi connectivity index (χ0) is 11.3. The minimum atomic E-state index is -3.20. The predicted octanol–water partition coefficient (Wildman–Crippen LogP) is 0.882. The summed E-state index contributed by atoms with van der Waals surface area (Å²) in [5.41, 5.74) is 1.74. The minimum absolute atomic E-state index is 0.00105. The van der Waals surface area contributed by atoms with Crippen LogP contribution in [0.15, 0.2) is 24.3 Å². The molecular formula is C10H15NO3S. The molecule has 0 saturated carbocycles. The molecule has 0 radical (unpaired) electrons. The van der Waals surface area contributed by atoms with Crippen LogP contribution >= 0.6 is 0 Å². The van der Waals surface area contributed by atoms with Gasteiger partial charge in [0.1, 0.15) is 0 Å². The van der Waals surface area contributed by atoms with Gasteiger partial charge in [-0.2, -0.15) is 0 Å². The SMILES string of the molecule is CNS(=O)(=O)Cc1cccc(COC)c1. The highest BCUT2D eigenvalue weighted by atomic mass is 32.2. The van der Waals surface area contributed by atoms with E-state index in [1.807, 2.05) is 18.2 Å². The molecule has 0 amide bonds. The highest BCUT2D eigenvalue weighted by Crippen LogP contribution is 2.09. The van der Waals surface area contributed by atoms with Crippen LogP contribution < -0.4 is 4.72 Å². The normalized spacial score (nSPS) is 11.6. The van der Waals surface area contributed by atoms with Crippen molar-refractivity contribution in [3.05, 3.63) is 35.4 Å². The summed E-state index contributed by atoms with van der Waals surface area (Å²) >= 11 is 0. The van der Waals surface area contributed by atoms with Crippen LogP contribution in [0.2, 0.25) is 0 Å². The molecule has 0 aromatic heterocycles. The molecule has 1 N–H and O–H groups in total. The van der Waals surface area contributed by atoms with E-state index in [0.717, 1.165) is 11.1 Å². The number of rotatable bonds is 5. The molecule has 1 aromatic carbocycles. The van der Waals surface area contributed by atoms with Gasteiger partial charge in [0.15, 0.2) is 0 Å². The highest BCUT2D eigenvalue weighted by molar-refractivity contribution is 7.88. The summed E-state index contributed by atoms with van der Waals surface area (Å²) in [7, 11) is -0.176. The molecule has 0 fully saturated rings. The van der Waals surface area contributed by atoms with Crippen molar-refractivity contribution >= 4 is 10.0 Å². The largest absolute Gasteiger partial charge is 0.380 e. The first-order valence-corrected chi connectivity index (χ1v) is 6.20. The Labute approximate surface area is 90.3 Å². The Bertz CT molecular complexity index is 414. The lowest BCUT2D eigenvalue weighted by molar-refractivity contribution is 0.185. The van der Waals surface area contributed by atoms with Crippen molar-refractivity contribution in [3.8, 4) is 0 Å². The van der Waals surface area contributed by atoms with Crippen LogP contribution in [0.4, 0.5) is 0 Å². The van der Waals surface area contributed by atoms with Crippen molar-refractivity contribution in [2.24, 2.45) is 0 Å². The van der Waals surface area contributed by atoms with Crippen LogP contribution in [0.25, 0.3) is 0 Å². The van der Waals surface area contributed by atoms with Crippen molar-refractivity contribution in [2.45, 2.75) is 12.4 Å². The van der Waals surface area contributed by atoms with Crippen LogP contribution in [0, 0.1) is 0 Å². The van der Waals surface area contributed by atoms with Gasteiger partial charge in [-0.15, -0.1) is 0 Å². The molecule has 15 heavy (non-hydrogen) atoms. The second-order valence-electron chi connectivity index (χ2n) is 3.22. The van der Waals surface area contributed by atoms with Gasteiger partial charge in [0, 0.05) is 7.11 Å². The molecule has 5 heteroatoms. The number of hydrogen-bond acceptors (Lipinski definition) is 3. The van der Waals surface area contributed by atoms with Gasteiger partial charge in [-0.3, -0.25) is 0 Å². The van der Waals surface area contributed by atoms with Crippen LogP contribution in [0.1, 0.15) is 11.1 Å². The number of methoxy groups -OCH3 is 1. The Morgan fingerprint density at radius 2 is 2.00 bits per heavy atom. The van der Waals surface area contributed by atoms with E-state index in [9.17, 15) is 8.42 Å². The Morgan fingerprint density at radius 1 is 1.33 bits per heavy atom. The van der Waals surface area contributed by atoms with Gasteiger partial charge in [0.2, 0.25) is 10.0 Å². The van der Waals surface area contributed by atoms with Gasteiger partial charge in [-0.25, -0.2) is 13.1 Å². The molecule has 0 bridgehead atoms. The minimum Gasteiger partial charge on any atom is -0.380 e. The number of benzene rings is 1. The van der Waals surface area contributed by atoms with Crippen LogP contribution in [0.3, 0.4) is 0 Å². The third-order valence-electron chi connectivity index (χ3n) is 1.97. The van der Waals surface area contributed by atoms with Gasteiger partial charge in [-0.05, 0) is 18.2 Å². The molecule has 0 aliphatic heterocycles. The summed E-state index contributed by atoms with van der Waals surface area (Å²) in [5.74, 6) is 0.00105. The monoisotopic (exact) mass is 229 g/mol. The first-order valence-electron chi connectivity index (χ1n) is 4.55. The summed E-state index contributed by atoms with van der Waals surface area (Å²) in [6.07, 6.45) is 0. The molecule has 4 nitrogen and oxygen atoms in total. The van der Waals surface area contributed by atoms with Gasteiger partial charge < -0.3 is 4.74 Å². The fourth-order valence-electron chi connectivity index (χ4n) is 1.27. The van der Waals surface area contributed by atoms with Gasteiger partial charge in [0.05, 0.1) is 12.4 Å². The molecule has 0 heterocycles. The van der Waals surface area contributed by atoms with Crippen molar-refractivity contribution in [1.29, 1.82) is 0 Å². The van der Waals surface area contributed by atoms with E-state index in [1.54, 1.807) is 13.2 Å². The van der Waals surface area contributed by atoms with E-state index in [1.165, 1.54) is 7.05 Å². The molecule has 0 unspecified atom stereocenters. The average Bonchev–Trinajstić information content (AvgIpc) is 2.18. The molecule has 0 aliphatic carbocycles. The van der Waals surface area contributed by atoms with Crippen LogP contribution in [-0.2, 0) is 27.1 Å². The van der Waals surface area contributed by atoms with Gasteiger partial charge in [-0.1, -0.05) is 24.3 Å². The highest BCUT2D eigenvalue weighted by Gasteiger charge is 2.08. The van der Waals surface area contributed by atoms with E-state index in [2.05, 4.69) is 4.72 Å². The summed E-state index contributed by atoms with van der Waals surface area (Å²) in [4.78, 5) is 0. The third-order valence-corrected chi connectivity index (χ3v) is 3.31. The summed E-state index contributed by atoms with van der Waals surface area (Å²) in [6.45, 7) is 0.493. The van der Waals surface area contributed by atoms with Crippen molar-refractivity contribution in [3.63, 3.8) is 0 Å². The molecule has 1 aromatic rings. The van der Waals surface area contributed by atoms with Crippen LogP contribution in [0.5, 0.6) is 0 Å².